The van der Waals surface area contributed by atoms with E-state index in [2.05, 4.69) is 52.5 Å². The molecule has 0 aliphatic carbocycles. The summed E-state index contributed by atoms with van der Waals surface area (Å²) in [4.78, 5) is 151. The second-order valence-electron chi connectivity index (χ2n) is 18.2. The van der Waals surface area contributed by atoms with Crippen molar-refractivity contribution >= 4 is 65.1 Å². The third-order valence-corrected chi connectivity index (χ3v) is 11.0. The molecule has 9 amide bonds. The van der Waals surface area contributed by atoms with E-state index in [-0.39, 0.29) is 50.5 Å². The van der Waals surface area contributed by atoms with E-state index >= 15 is 0 Å². The van der Waals surface area contributed by atoms with E-state index in [9.17, 15) is 68.1 Å². The molecule has 0 spiro atoms. The van der Waals surface area contributed by atoms with Crippen molar-refractivity contribution in [3.8, 4) is 0 Å². The normalized spacial score (nSPS) is 15.4. The molecule has 0 saturated heterocycles. The highest BCUT2D eigenvalue weighted by Gasteiger charge is 2.36. The Kier molecular flexibility index (Phi) is 27.6. The van der Waals surface area contributed by atoms with E-state index in [4.69, 9.17) is 17.2 Å². The quantitative estimate of drug-likeness (QED) is 0.0312. The largest absolute Gasteiger partial charge is 0.481 e. The Morgan fingerprint density at radius 2 is 1.10 bits per heavy atom. The van der Waals surface area contributed by atoms with Crippen LogP contribution in [0.5, 0.6) is 0 Å². The van der Waals surface area contributed by atoms with E-state index in [1.165, 1.54) is 19.4 Å². The number of carboxylic acid groups (broad SMARTS) is 2. The lowest BCUT2D eigenvalue weighted by Gasteiger charge is -2.29. The van der Waals surface area contributed by atoms with Crippen molar-refractivity contribution in [1.29, 1.82) is 0 Å². The third-order valence-electron chi connectivity index (χ3n) is 11.0. The summed E-state index contributed by atoms with van der Waals surface area (Å²) in [6.45, 7) is 10.9. The number of aliphatic hydroxyl groups excluding tert-OH is 1. The van der Waals surface area contributed by atoms with E-state index in [0.717, 1.165) is 0 Å². The summed E-state index contributed by atoms with van der Waals surface area (Å²) in [5.74, 6) is -12.3. The van der Waals surface area contributed by atoms with Gasteiger partial charge in [0.1, 0.15) is 54.4 Å². The summed E-state index contributed by atoms with van der Waals surface area (Å²) >= 11 is 0. The molecule has 71 heavy (non-hydrogen) atoms. The number of hydrogen-bond acceptors (Lipinski definition) is 15. The first kappa shape index (κ1) is 62.3. The van der Waals surface area contributed by atoms with Crippen molar-refractivity contribution in [1.82, 2.24) is 52.5 Å². The molecule has 1 heterocycles. The molecule has 0 fully saturated rings. The number of nitrogens with one attached hydrogen (secondary N) is 9. The fraction of sp³-hybridized carbons (Fsp3) is 0.682. The van der Waals surface area contributed by atoms with Crippen LogP contribution >= 0.6 is 0 Å². The summed E-state index contributed by atoms with van der Waals surface area (Å²) in [7, 11) is 0. The molecule has 1 rings (SSSR count). The zero-order chi connectivity index (χ0) is 54.1. The van der Waals surface area contributed by atoms with Gasteiger partial charge in [-0.25, -0.2) is 9.78 Å². The SMILES string of the molecule is CC[C@H](C)[C@H](NC(=O)[C@H](CC(=O)O)NC(=O)[C@H](CCC(N)=O)NC(=O)[C@H](CC(C)C)NC(=O)[C@H](CC(C)C)NC(=O)[C@H](CCCN)NC(=O)[C@H](Cc1c[nH]cn1)NC(=O)[C@H](C)NC(=O)[C@@H](N)CO)C(=O)O. The van der Waals surface area contributed by atoms with Crippen LogP contribution in [0.2, 0.25) is 0 Å². The number of amides is 9. The predicted molar refractivity (Wildman–Crippen MR) is 253 cm³/mol. The summed E-state index contributed by atoms with van der Waals surface area (Å²) < 4.78 is 0. The van der Waals surface area contributed by atoms with Crippen LogP contribution in [0.4, 0.5) is 0 Å². The number of primary amides is 1. The molecule has 1 aromatic rings. The van der Waals surface area contributed by atoms with Crippen molar-refractivity contribution in [2.45, 2.75) is 161 Å². The molecular weight excluding hydrogens is 935 g/mol. The Hall–Kier alpha value is -6.74. The summed E-state index contributed by atoms with van der Waals surface area (Å²) in [5, 5.41) is 48.1. The van der Waals surface area contributed by atoms with E-state index in [1.807, 2.05) is 0 Å². The minimum absolute atomic E-state index is 0.0168. The Morgan fingerprint density at radius 1 is 0.634 bits per heavy atom. The first-order chi connectivity index (χ1) is 33.2. The first-order valence-corrected chi connectivity index (χ1v) is 23.4. The molecule has 0 bridgehead atoms. The Balaban J connectivity index is 3.47. The lowest BCUT2D eigenvalue weighted by Crippen LogP contribution is -2.61. The van der Waals surface area contributed by atoms with E-state index < -0.39 is 151 Å². The maximum absolute atomic E-state index is 14.1. The molecule has 27 nitrogen and oxygen atoms in total. The van der Waals surface area contributed by atoms with Crippen molar-refractivity contribution in [2.24, 2.45) is 35.0 Å². The van der Waals surface area contributed by atoms with Gasteiger partial charge in [0.2, 0.25) is 53.2 Å². The minimum atomic E-state index is -1.83. The number of carbonyl (C=O) groups is 11. The maximum Gasteiger partial charge on any atom is 0.326 e. The molecule has 18 N–H and O–H groups in total. The third kappa shape index (κ3) is 23.2. The zero-order valence-electron chi connectivity index (χ0n) is 41.4. The number of aliphatic carboxylic acids is 2. The fourth-order valence-electron chi connectivity index (χ4n) is 6.82. The van der Waals surface area contributed by atoms with Crippen molar-refractivity contribution in [3.05, 3.63) is 18.2 Å². The average Bonchev–Trinajstić information content (AvgIpc) is 3.81. The van der Waals surface area contributed by atoms with Crippen LogP contribution in [0.1, 0.15) is 106 Å². The van der Waals surface area contributed by atoms with Gasteiger partial charge in [0, 0.05) is 19.0 Å². The monoisotopic (exact) mass is 1010 g/mol. The van der Waals surface area contributed by atoms with Gasteiger partial charge < -0.3 is 80.0 Å². The van der Waals surface area contributed by atoms with E-state index in [1.54, 1.807) is 41.5 Å². The fourth-order valence-corrected chi connectivity index (χ4v) is 6.82. The van der Waals surface area contributed by atoms with Crippen LogP contribution in [0.25, 0.3) is 0 Å². The second kappa shape index (κ2) is 31.5. The molecule has 0 saturated carbocycles. The second-order valence-corrected chi connectivity index (χ2v) is 18.2. The number of nitrogens with zero attached hydrogens (tertiary/aromatic N) is 1. The molecule has 0 aliphatic rings. The number of carboxylic acids is 2. The number of hydrogen-bond donors (Lipinski definition) is 15. The lowest BCUT2D eigenvalue weighted by molar-refractivity contribution is -0.145. The van der Waals surface area contributed by atoms with Crippen molar-refractivity contribution < 1.29 is 68.1 Å². The molecule has 0 unspecified atom stereocenters. The van der Waals surface area contributed by atoms with Gasteiger partial charge in [-0.3, -0.25) is 47.9 Å². The Morgan fingerprint density at radius 3 is 1.54 bits per heavy atom. The molecule has 0 aliphatic heterocycles. The van der Waals surface area contributed by atoms with Crippen LogP contribution in [-0.4, -0.2) is 158 Å². The number of aliphatic hydroxyl groups is 1. The van der Waals surface area contributed by atoms with Gasteiger partial charge in [0.25, 0.3) is 0 Å². The van der Waals surface area contributed by atoms with Gasteiger partial charge in [-0.2, -0.15) is 0 Å². The molecule has 10 atom stereocenters. The highest BCUT2D eigenvalue weighted by Crippen LogP contribution is 2.13. The number of carbonyl (C=O) groups excluding carboxylic acids is 9. The number of rotatable bonds is 34. The molecule has 0 radical (unpaired) electrons. The van der Waals surface area contributed by atoms with Crippen molar-refractivity contribution in [3.63, 3.8) is 0 Å². The molecule has 400 valence electrons. The zero-order valence-corrected chi connectivity index (χ0v) is 41.4. The number of aromatic nitrogens is 2. The standard InChI is InChI=1S/C44H75N13O14/c1-8-23(6)35(44(70)71)57-43(69)32(17-34(60)61)56-39(65)28(11-12-33(47)59)52-40(66)29(14-21(2)3)55-41(67)30(15-22(4)5)54-38(64)27(10-9-13-45)51-42(68)31(16-25-18-48-20-49-25)53-36(62)24(7)50-37(63)26(46)19-58/h18,20-24,26-32,35,58H,8-17,19,45-46H2,1-7H3,(H2,47,59)(H,48,49)(H,50,63)(H,51,68)(H,52,66)(H,53,62)(H,54,64)(H,55,67)(H,56,65)(H,57,69)(H,60,61)(H,70,71)/t23-,24-,26-,27-,28-,29-,30-,31-,32-,35-/m0/s1. The van der Waals surface area contributed by atoms with Gasteiger partial charge in [0.05, 0.1) is 25.0 Å². The van der Waals surface area contributed by atoms with Gasteiger partial charge in [0.15, 0.2) is 0 Å². The van der Waals surface area contributed by atoms with Gasteiger partial charge in [-0.1, -0.05) is 48.0 Å². The smallest absolute Gasteiger partial charge is 0.326 e. The van der Waals surface area contributed by atoms with Gasteiger partial charge in [-0.05, 0) is 63.3 Å². The van der Waals surface area contributed by atoms with Gasteiger partial charge in [-0.15, -0.1) is 0 Å². The predicted octanol–water partition coefficient (Wildman–Crippen LogP) is -4.13. The van der Waals surface area contributed by atoms with Crippen LogP contribution in [-0.2, 0) is 59.2 Å². The summed E-state index contributed by atoms with van der Waals surface area (Å²) in [5.41, 5.74) is 17.0. The maximum atomic E-state index is 14.1. The summed E-state index contributed by atoms with van der Waals surface area (Å²) in [6.07, 6.45) is 1.25. The van der Waals surface area contributed by atoms with E-state index in [0.29, 0.717) is 12.1 Å². The Bertz CT molecular complexity index is 1970. The highest BCUT2D eigenvalue weighted by molar-refractivity contribution is 5.98. The minimum Gasteiger partial charge on any atom is -0.481 e. The number of H-pyrrole nitrogens is 1. The lowest BCUT2D eigenvalue weighted by atomic mass is 9.98. The van der Waals surface area contributed by atoms with Crippen LogP contribution < -0.4 is 59.7 Å². The number of aromatic amines is 1. The van der Waals surface area contributed by atoms with Gasteiger partial charge >= 0.3 is 11.9 Å². The summed E-state index contributed by atoms with van der Waals surface area (Å²) in [6, 6.07) is -12.8. The highest BCUT2D eigenvalue weighted by atomic mass is 16.4. The topological polar surface area (TPSA) is 451 Å². The molecular formula is C44H75N13O14. The van der Waals surface area contributed by atoms with Crippen molar-refractivity contribution in [2.75, 3.05) is 13.2 Å². The average molecular weight is 1010 g/mol. The molecule has 1 aromatic heterocycles. The number of nitrogens with two attached hydrogens (primary N) is 3. The van der Waals surface area contributed by atoms with Crippen LogP contribution in [0.3, 0.4) is 0 Å². The number of imidazole rings is 1. The molecule has 27 heteroatoms. The van der Waals surface area contributed by atoms with Crippen LogP contribution in [0, 0.1) is 17.8 Å². The Labute approximate surface area is 411 Å². The first-order valence-electron chi connectivity index (χ1n) is 23.4. The van der Waals surface area contributed by atoms with Crippen LogP contribution in [0.15, 0.2) is 12.5 Å². The molecule has 0 aromatic carbocycles.